The maximum atomic E-state index is 13.4. The molecule has 0 bridgehead atoms. The molecule has 5 heteroatoms. The fourth-order valence-electron chi connectivity index (χ4n) is 3.25. The average molecular weight is 340 g/mol. The first-order valence-electron chi connectivity index (χ1n) is 8.39. The Morgan fingerprint density at radius 2 is 1.84 bits per heavy atom. The van der Waals surface area contributed by atoms with Gasteiger partial charge < -0.3 is 9.80 Å². The molecule has 25 heavy (non-hydrogen) atoms. The van der Waals surface area contributed by atoms with Gasteiger partial charge in [-0.1, -0.05) is 42.5 Å². The van der Waals surface area contributed by atoms with Crippen molar-refractivity contribution in [1.29, 1.82) is 0 Å². The minimum absolute atomic E-state index is 0.0122. The quantitative estimate of drug-likeness (QED) is 0.862. The van der Waals surface area contributed by atoms with Gasteiger partial charge in [0.25, 0.3) is 0 Å². The van der Waals surface area contributed by atoms with E-state index in [-0.39, 0.29) is 30.1 Å². The number of piperazine rings is 1. The molecule has 1 fully saturated rings. The monoisotopic (exact) mass is 340 g/mol. The van der Waals surface area contributed by atoms with Gasteiger partial charge in [0.15, 0.2) is 0 Å². The summed E-state index contributed by atoms with van der Waals surface area (Å²) in [6.45, 7) is 3.03. The Morgan fingerprint density at radius 1 is 1.08 bits per heavy atom. The fourth-order valence-corrected chi connectivity index (χ4v) is 3.25. The number of carbonyl (C=O) groups excluding carboxylic acids is 2. The summed E-state index contributed by atoms with van der Waals surface area (Å²) in [7, 11) is 0. The van der Waals surface area contributed by atoms with Crippen molar-refractivity contribution in [3.05, 3.63) is 71.5 Å². The number of hydrogen-bond donors (Lipinski definition) is 0. The van der Waals surface area contributed by atoms with Crippen LogP contribution in [0.25, 0.3) is 0 Å². The lowest BCUT2D eigenvalue weighted by Gasteiger charge is -2.41. The molecule has 0 radical (unpaired) electrons. The number of benzene rings is 2. The molecule has 1 aliphatic rings. The zero-order chi connectivity index (χ0) is 17.8. The Bertz CT molecular complexity index is 763. The first-order chi connectivity index (χ1) is 12.0. The van der Waals surface area contributed by atoms with Crippen LogP contribution in [0.15, 0.2) is 54.6 Å². The molecule has 3 rings (SSSR count). The molecule has 0 unspecified atom stereocenters. The summed E-state index contributed by atoms with van der Waals surface area (Å²) in [6.07, 6.45) is 0.154. The molecule has 4 nitrogen and oxygen atoms in total. The lowest BCUT2D eigenvalue weighted by atomic mass is 10.0. The summed E-state index contributed by atoms with van der Waals surface area (Å²) >= 11 is 0. The highest BCUT2D eigenvalue weighted by molar-refractivity contribution is 5.80. The molecule has 1 atom stereocenters. The van der Waals surface area contributed by atoms with Gasteiger partial charge in [0, 0.05) is 26.6 Å². The minimum Gasteiger partial charge on any atom is -0.339 e. The normalized spacial score (nSPS) is 17.4. The Kier molecular flexibility index (Phi) is 5.12. The second-order valence-corrected chi connectivity index (χ2v) is 6.29. The highest BCUT2D eigenvalue weighted by atomic mass is 19.1. The molecule has 1 aliphatic heterocycles. The minimum atomic E-state index is -0.341. The standard InChI is InChI=1S/C20H21FN2O2/c1-15(24)22-10-11-23(19(14-22)17-7-3-2-4-8-17)20(25)13-16-6-5-9-18(21)12-16/h2-9,12,19H,10-11,13-14H2,1H3/t19-/m1/s1. The highest BCUT2D eigenvalue weighted by Gasteiger charge is 2.32. The molecule has 130 valence electrons. The van der Waals surface area contributed by atoms with Crippen LogP contribution in [0, 0.1) is 5.82 Å². The van der Waals surface area contributed by atoms with Crippen LogP contribution >= 0.6 is 0 Å². The van der Waals surface area contributed by atoms with E-state index < -0.39 is 0 Å². The van der Waals surface area contributed by atoms with Crippen LogP contribution in [0.5, 0.6) is 0 Å². The third kappa shape index (κ3) is 4.05. The number of amides is 2. The number of hydrogen-bond acceptors (Lipinski definition) is 2. The largest absolute Gasteiger partial charge is 0.339 e. The van der Waals surface area contributed by atoms with Crippen molar-refractivity contribution >= 4 is 11.8 Å². The van der Waals surface area contributed by atoms with E-state index >= 15 is 0 Å². The number of rotatable bonds is 3. The molecule has 2 amide bonds. The average Bonchev–Trinajstić information content (AvgIpc) is 2.62. The van der Waals surface area contributed by atoms with Crippen LogP contribution < -0.4 is 0 Å². The fraction of sp³-hybridized carbons (Fsp3) is 0.300. The SMILES string of the molecule is CC(=O)N1CCN(C(=O)Cc2cccc(F)c2)[C@@H](c2ccccc2)C1. The third-order valence-corrected chi connectivity index (χ3v) is 4.57. The van der Waals surface area contributed by atoms with Crippen LogP contribution in [0.2, 0.25) is 0 Å². The second kappa shape index (κ2) is 7.47. The van der Waals surface area contributed by atoms with Gasteiger partial charge in [-0.05, 0) is 23.3 Å². The molecule has 2 aromatic carbocycles. The topological polar surface area (TPSA) is 40.6 Å². The summed E-state index contributed by atoms with van der Waals surface area (Å²) in [6, 6.07) is 15.7. The van der Waals surface area contributed by atoms with Gasteiger partial charge in [-0.25, -0.2) is 4.39 Å². The van der Waals surface area contributed by atoms with E-state index in [4.69, 9.17) is 0 Å². The zero-order valence-corrected chi connectivity index (χ0v) is 14.2. The van der Waals surface area contributed by atoms with Gasteiger partial charge in [0.05, 0.1) is 12.5 Å². The molecule has 1 heterocycles. The van der Waals surface area contributed by atoms with Gasteiger partial charge >= 0.3 is 0 Å². The van der Waals surface area contributed by atoms with Gasteiger partial charge in [0.1, 0.15) is 5.82 Å². The highest BCUT2D eigenvalue weighted by Crippen LogP contribution is 2.26. The molecule has 0 aliphatic carbocycles. The summed E-state index contributed by atoms with van der Waals surface area (Å²) in [5.74, 6) is -0.382. The van der Waals surface area contributed by atoms with Crippen molar-refractivity contribution in [3.8, 4) is 0 Å². The molecule has 0 aromatic heterocycles. The van der Waals surface area contributed by atoms with Gasteiger partial charge in [-0.3, -0.25) is 9.59 Å². The predicted molar refractivity (Wildman–Crippen MR) is 93.3 cm³/mol. The van der Waals surface area contributed by atoms with E-state index in [2.05, 4.69) is 0 Å². The van der Waals surface area contributed by atoms with E-state index in [1.54, 1.807) is 28.9 Å². The molecule has 1 saturated heterocycles. The Labute approximate surface area is 146 Å². The smallest absolute Gasteiger partial charge is 0.227 e. The predicted octanol–water partition coefficient (Wildman–Crippen LogP) is 2.80. The van der Waals surface area contributed by atoms with Crippen LogP contribution in [0.3, 0.4) is 0 Å². The zero-order valence-electron chi connectivity index (χ0n) is 14.2. The lowest BCUT2D eigenvalue weighted by Crippen LogP contribution is -2.52. The van der Waals surface area contributed by atoms with Crippen molar-refractivity contribution in [2.24, 2.45) is 0 Å². The van der Waals surface area contributed by atoms with E-state index in [0.29, 0.717) is 25.2 Å². The second-order valence-electron chi connectivity index (χ2n) is 6.29. The van der Waals surface area contributed by atoms with E-state index in [1.807, 2.05) is 30.3 Å². The molecule has 0 spiro atoms. The summed E-state index contributed by atoms with van der Waals surface area (Å²) in [5.41, 5.74) is 1.66. The number of nitrogens with zero attached hydrogens (tertiary/aromatic N) is 2. The first kappa shape index (κ1) is 17.1. The lowest BCUT2D eigenvalue weighted by molar-refractivity contribution is -0.141. The van der Waals surface area contributed by atoms with Crippen molar-refractivity contribution in [2.75, 3.05) is 19.6 Å². The van der Waals surface area contributed by atoms with E-state index in [1.165, 1.54) is 12.1 Å². The summed E-state index contributed by atoms with van der Waals surface area (Å²) < 4.78 is 13.4. The van der Waals surface area contributed by atoms with Crippen molar-refractivity contribution in [2.45, 2.75) is 19.4 Å². The van der Waals surface area contributed by atoms with Gasteiger partial charge in [-0.2, -0.15) is 0 Å². The van der Waals surface area contributed by atoms with Crippen LogP contribution in [0.1, 0.15) is 24.1 Å². The number of halogens is 1. The molecule has 0 N–H and O–H groups in total. The maximum absolute atomic E-state index is 13.4. The van der Waals surface area contributed by atoms with Crippen LogP contribution in [0.4, 0.5) is 4.39 Å². The Hall–Kier alpha value is -2.69. The van der Waals surface area contributed by atoms with E-state index in [0.717, 1.165) is 5.56 Å². The Morgan fingerprint density at radius 3 is 2.52 bits per heavy atom. The summed E-state index contributed by atoms with van der Waals surface area (Å²) in [5, 5.41) is 0. The van der Waals surface area contributed by atoms with Crippen molar-refractivity contribution in [3.63, 3.8) is 0 Å². The van der Waals surface area contributed by atoms with Crippen molar-refractivity contribution < 1.29 is 14.0 Å². The summed E-state index contributed by atoms with van der Waals surface area (Å²) in [4.78, 5) is 28.2. The first-order valence-corrected chi connectivity index (χ1v) is 8.39. The van der Waals surface area contributed by atoms with Crippen LogP contribution in [-0.2, 0) is 16.0 Å². The van der Waals surface area contributed by atoms with Gasteiger partial charge in [0.2, 0.25) is 11.8 Å². The van der Waals surface area contributed by atoms with E-state index in [9.17, 15) is 14.0 Å². The van der Waals surface area contributed by atoms with Crippen molar-refractivity contribution in [1.82, 2.24) is 9.80 Å². The van der Waals surface area contributed by atoms with Crippen LogP contribution in [-0.4, -0.2) is 41.2 Å². The maximum Gasteiger partial charge on any atom is 0.227 e. The molecular formula is C20H21FN2O2. The Balaban J connectivity index is 1.82. The number of carbonyl (C=O) groups is 2. The molecule has 0 saturated carbocycles. The molecule has 2 aromatic rings. The molecular weight excluding hydrogens is 319 g/mol. The van der Waals surface area contributed by atoms with Gasteiger partial charge in [-0.15, -0.1) is 0 Å². The third-order valence-electron chi connectivity index (χ3n) is 4.57.